The lowest BCUT2D eigenvalue weighted by Crippen LogP contribution is -2.38. The van der Waals surface area contributed by atoms with Gasteiger partial charge in [-0.15, -0.1) is 0 Å². The molecule has 1 amide bonds. The molecule has 0 spiro atoms. The zero-order valence-electron chi connectivity index (χ0n) is 16.6. The minimum atomic E-state index is -0.0503. The Balaban J connectivity index is 1.24. The zero-order valence-corrected chi connectivity index (χ0v) is 16.6. The number of nitrogens with zero attached hydrogens (tertiary/aromatic N) is 3. The van der Waals surface area contributed by atoms with E-state index in [4.69, 9.17) is 5.10 Å². The fourth-order valence-electron chi connectivity index (χ4n) is 4.07. The summed E-state index contributed by atoms with van der Waals surface area (Å²) >= 11 is 0. The van der Waals surface area contributed by atoms with E-state index in [0.29, 0.717) is 18.2 Å². The summed E-state index contributed by atoms with van der Waals surface area (Å²) in [5.41, 5.74) is 5.44. The molecule has 0 radical (unpaired) electrons. The molecule has 0 unspecified atom stereocenters. The Labute approximate surface area is 171 Å². The number of fused-ring (bicyclic) bond motifs is 1. The van der Waals surface area contributed by atoms with Crippen LogP contribution < -0.4 is 5.32 Å². The molecule has 0 atom stereocenters. The molecule has 1 saturated carbocycles. The van der Waals surface area contributed by atoms with Gasteiger partial charge in [0.2, 0.25) is 0 Å². The summed E-state index contributed by atoms with van der Waals surface area (Å²) in [6, 6.07) is 20.5. The van der Waals surface area contributed by atoms with Gasteiger partial charge in [0.1, 0.15) is 5.69 Å². The maximum absolute atomic E-state index is 12.9. The first-order valence-electron chi connectivity index (χ1n) is 10.5. The topological polar surface area (TPSA) is 50.2 Å². The van der Waals surface area contributed by atoms with E-state index in [0.717, 1.165) is 37.4 Å². The Kier molecular flexibility index (Phi) is 4.90. The van der Waals surface area contributed by atoms with Gasteiger partial charge in [-0.2, -0.15) is 5.10 Å². The second-order valence-corrected chi connectivity index (χ2v) is 8.03. The van der Waals surface area contributed by atoms with Crippen LogP contribution in [-0.2, 0) is 13.0 Å². The van der Waals surface area contributed by atoms with E-state index in [2.05, 4.69) is 34.5 Å². The molecule has 0 bridgehead atoms. The summed E-state index contributed by atoms with van der Waals surface area (Å²) in [6.07, 6.45) is 3.42. The molecule has 2 aromatic carbocycles. The number of aromatic nitrogens is 2. The maximum atomic E-state index is 12.9. The number of nitrogens with one attached hydrogen (secondary N) is 1. The zero-order chi connectivity index (χ0) is 19.6. The lowest BCUT2D eigenvalue weighted by atomic mass is 10.00. The third-order valence-corrected chi connectivity index (χ3v) is 5.88. The van der Waals surface area contributed by atoms with E-state index in [9.17, 15) is 4.79 Å². The van der Waals surface area contributed by atoms with Gasteiger partial charge in [-0.1, -0.05) is 42.5 Å². The molecule has 29 heavy (non-hydrogen) atoms. The van der Waals surface area contributed by atoms with Crippen molar-refractivity contribution in [3.05, 3.63) is 83.2 Å². The van der Waals surface area contributed by atoms with Crippen molar-refractivity contribution in [2.24, 2.45) is 0 Å². The van der Waals surface area contributed by atoms with Gasteiger partial charge in [0.15, 0.2) is 0 Å². The van der Waals surface area contributed by atoms with Crippen LogP contribution in [0.4, 0.5) is 0 Å². The number of hydrogen-bond acceptors (Lipinski definition) is 3. The molecule has 1 aliphatic heterocycles. The molecule has 5 rings (SSSR count). The van der Waals surface area contributed by atoms with E-state index < -0.39 is 0 Å². The summed E-state index contributed by atoms with van der Waals surface area (Å²) in [6.45, 7) is 3.50. The van der Waals surface area contributed by atoms with Crippen LogP contribution in [0.3, 0.4) is 0 Å². The first-order valence-corrected chi connectivity index (χ1v) is 10.5. The number of amides is 1. The van der Waals surface area contributed by atoms with Crippen molar-refractivity contribution >= 4 is 5.91 Å². The number of carbonyl (C=O) groups is 1. The van der Waals surface area contributed by atoms with Crippen LogP contribution in [0.25, 0.3) is 5.69 Å². The highest BCUT2D eigenvalue weighted by molar-refractivity contribution is 5.93. The van der Waals surface area contributed by atoms with Gasteiger partial charge in [0.25, 0.3) is 5.91 Å². The van der Waals surface area contributed by atoms with Gasteiger partial charge >= 0.3 is 0 Å². The monoisotopic (exact) mass is 386 g/mol. The molecule has 5 nitrogen and oxygen atoms in total. The predicted octanol–water partition coefficient (Wildman–Crippen LogP) is 3.54. The van der Waals surface area contributed by atoms with Crippen LogP contribution in [0.5, 0.6) is 0 Å². The summed E-state index contributed by atoms with van der Waals surface area (Å²) in [5, 5.41) is 7.84. The molecule has 5 heteroatoms. The Morgan fingerprint density at radius 1 is 1.03 bits per heavy atom. The molecule has 3 aromatic rings. The second kappa shape index (κ2) is 7.84. The predicted molar refractivity (Wildman–Crippen MR) is 113 cm³/mol. The van der Waals surface area contributed by atoms with Crippen molar-refractivity contribution in [3.63, 3.8) is 0 Å². The quantitative estimate of drug-likeness (QED) is 0.705. The minimum absolute atomic E-state index is 0.0503. The highest BCUT2D eigenvalue weighted by atomic mass is 16.2. The average Bonchev–Trinajstić information content (AvgIpc) is 3.52. The fraction of sp³-hybridized carbons (Fsp3) is 0.333. The molecule has 1 fully saturated rings. The fourth-order valence-corrected chi connectivity index (χ4v) is 4.07. The van der Waals surface area contributed by atoms with Crippen molar-refractivity contribution in [2.45, 2.75) is 31.7 Å². The number of para-hydroxylation sites is 1. The Morgan fingerprint density at radius 2 is 1.79 bits per heavy atom. The first-order chi connectivity index (χ1) is 14.3. The smallest absolute Gasteiger partial charge is 0.270 e. The number of carbonyl (C=O) groups excluding carboxylic acids is 1. The average molecular weight is 386 g/mol. The van der Waals surface area contributed by atoms with Gasteiger partial charge in [-0.3, -0.25) is 9.69 Å². The summed E-state index contributed by atoms with van der Waals surface area (Å²) in [4.78, 5) is 15.4. The van der Waals surface area contributed by atoms with E-state index in [-0.39, 0.29) is 5.91 Å². The van der Waals surface area contributed by atoms with Gasteiger partial charge < -0.3 is 5.32 Å². The SMILES string of the molecule is O=C(NCCN1CCc2ccccc2C1)c1cc(C2CC2)nn1-c1ccccc1. The normalized spacial score (nSPS) is 16.4. The van der Waals surface area contributed by atoms with E-state index in [1.165, 1.54) is 24.0 Å². The van der Waals surface area contributed by atoms with Crippen molar-refractivity contribution in [1.29, 1.82) is 0 Å². The molecular formula is C24H26N4O. The van der Waals surface area contributed by atoms with Crippen molar-refractivity contribution in [2.75, 3.05) is 19.6 Å². The second-order valence-electron chi connectivity index (χ2n) is 8.03. The van der Waals surface area contributed by atoms with E-state index in [1.807, 2.05) is 36.4 Å². The van der Waals surface area contributed by atoms with Crippen molar-refractivity contribution in [1.82, 2.24) is 20.0 Å². The van der Waals surface area contributed by atoms with Crippen LogP contribution in [0.15, 0.2) is 60.7 Å². The Bertz CT molecular complexity index is 1010. The largest absolute Gasteiger partial charge is 0.349 e. The minimum Gasteiger partial charge on any atom is -0.349 e. The number of rotatable bonds is 6. The molecular weight excluding hydrogens is 360 g/mol. The first kappa shape index (κ1) is 18.1. The molecule has 1 N–H and O–H groups in total. The van der Waals surface area contributed by atoms with Crippen LogP contribution in [0.2, 0.25) is 0 Å². The summed E-state index contributed by atoms with van der Waals surface area (Å²) in [7, 11) is 0. The Hall–Kier alpha value is -2.92. The van der Waals surface area contributed by atoms with Gasteiger partial charge in [0.05, 0.1) is 11.4 Å². The van der Waals surface area contributed by atoms with Gasteiger partial charge in [-0.25, -0.2) is 4.68 Å². The third kappa shape index (κ3) is 3.96. The molecule has 2 aliphatic rings. The van der Waals surface area contributed by atoms with E-state index >= 15 is 0 Å². The summed E-state index contributed by atoms with van der Waals surface area (Å²) in [5.74, 6) is 0.464. The number of hydrogen-bond donors (Lipinski definition) is 1. The van der Waals surface area contributed by atoms with Crippen molar-refractivity contribution in [3.8, 4) is 5.69 Å². The standard InChI is InChI=1S/C24H26N4O/c29-24(25-13-15-27-14-12-18-6-4-5-7-20(18)17-27)23-16-22(19-10-11-19)26-28(23)21-8-2-1-3-9-21/h1-9,16,19H,10-15,17H2,(H,25,29). The molecule has 1 aromatic heterocycles. The van der Waals surface area contributed by atoms with Crippen LogP contribution in [0, 0.1) is 0 Å². The van der Waals surface area contributed by atoms with Crippen LogP contribution in [-0.4, -0.2) is 40.2 Å². The highest BCUT2D eigenvalue weighted by Gasteiger charge is 2.29. The third-order valence-electron chi connectivity index (χ3n) is 5.88. The highest BCUT2D eigenvalue weighted by Crippen LogP contribution is 2.39. The number of benzene rings is 2. The molecule has 1 aliphatic carbocycles. The lowest BCUT2D eigenvalue weighted by Gasteiger charge is -2.28. The van der Waals surface area contributed by atoms with Crippen molar-refractivity contribution < 1.29 is 4.79 Å². The van der Waals surface area contributed by atoms with Crippen LogP contribution >= 0.6 is 0 Å². The molecule has 0 saturated heterocycles. The summed E-state index contributed by atoms with van der Waals surface area (Å²) < 4.78 is 1.79. The van der Waals surface area contributed by atoms with Crippen LogP contribution in [0.1, 0.15) is 46.1 Å². The van der Waals surface area contributed by atoms with E-state index in [1.54, 1.807) is 4.68 Å². The maximum Gasteiger partial charge on any atom is 0.270 e. The van der Waals surface area contributed by atoms with Gasteiger partial charge in [-0.05, 0) is 48.6 Å². The Morgan fingerprint density at radius 3 is 2.59 bits per heavy atom. The van der Waals surface area contributed by atoms with Gasteiger partial charge in [0, 0.05) is 32.1 Å². The molecule has 2 heterocycles. The molecule has 148 valence electrons. The lowest BCUT2D eigenvalue weighted by molar-refractivity contribution is 0.0939.